The van der Waals surface area contributed by atoms with E-state index in [0.717, 1.165) is 6.42 Å². The van der Waals surface area contributed by atoms with E-state index in [9.17, 15) is 4.57 Å². The van der Waals surface area contributed by atoms with E-state index in [2.05, 4.69) is 4.52 Å². The average molecular weight is 184 g/mol. The summed E-state index contributed by atoms with van der Waals surface area (Å²) < 4.78 is 14.1. The summed E-state index contributed by atoms with van der Waals surface area (Å²) in [7, 11) is -4.51. The molecule has 0 aromatic rings. The topological polar surface area (TPSA) is 87.0 Å². The van der Waals surface area contributed by atoms with Crippen LogP contribution in [0.15, 0.2) is 0 Å². The molecule has 1 atom stereocenters. The highest BCUT2D eigenvalue weighted by molar-refractivity contribution is 7.46. The van der Waals surface area contributed by atoms with Crippen LogP contribution in [0.1, 0.15) is 26.2 Å². The smallest absolute Gasteiger partial charge is 0.367 e. The van der Waals surface area contributed by atoms with E-state index in [-0.39, 0.29) is 6.42 Å². The van der Waals surface area contributed by atoms with Gasteiger partial charge >= 0.3 is 7.82 Å². The van der Waals surface area contributed by atoms with Crippen LogP contribution in [0.3, 0.4) is 0 Å². The molecule has 0 amide bonds. The molecule has 0 aliphatic rings. The molecule has 11 heavy (non-hydrogen) atoms. The van der Waals surface area contributed by atoms with Crippen molar-refractivity contribution >= 4 is 7.82 Å². The maximum atomic E-state index is 10.1. The van der Waals surface area contributed by atoms with Crippen molar-refractivity contribution in [1.29, 1.82) is 0 Å². The largest absolute Gasteiger partial charge is 0.471 e. The van der Waals surface area contributed by atoms with Gasteiger partial charge in [-0.3, -0.25) is 4.52 Å². The first-order valence-electron chi connectivity index (χ1n) is 3.37. The van der Waals surface area contributed by atoms with Gasteiger partial charge in [-0.25, -0.2) is 4.57 Å². The Kier molecular flexibility index (Phi) is 4.88. The molecule has 3 N–H and O–H groups in total. The van der Waals surface area contributed by atoms with Crippen LogP contribution in [-0.2, 0) is 9.09 Å². The van der Waals surface area contributed by atoms with Crippen LogP contribution in [0.5, 0.6) is 0 Å². The van der Waals surface area contributed by atoms with Crippen molar-refractivity contribution in [2.75, 3.05) is 0 Å². The number of hydrogen-bond acceptors (Lipinski definition) is 3. The van der Waals surface area contributed by atoms with Crippen LogP contribution in [0.25, 0.3) is 0 Å². The Morgan fingerprint density at radius 1 is 1.55 bits per heavy atom. The molecule has 6 heteroatoms. The molecule has 5 nitrogen and oxygen atoms in total. The fourth-order valence-corrected chi connectivity index (χ4v) is 1.01. The summed E-state index contributed by atoms with van der Waals surface area (Å²) in [5.74, 6) is 0. The Hall–Kier alpha value is 0.0700. The maximum absolute atomic E-state index is 10.1. The molecule has 1 unspecified atom stereocenters. The Morgan fingerprint density at radius 2 is 2.09 bits per heavy atom. The molecule has 0 saturated heterocycles. The zero-order valence-corrected chi connectivity index (χ0v) is 7.20. The van der Waals surface area contributed by atoms with Gasteiger partial charge in [0.05, 0.1) is 0 Å². The zero-order valence-electron chi connectivity index (χ0n) is 6.30. The SMILES string of the molecule is CCCCC(O)OP(=O)(O)O. The quantitative estimate of drug-likeness (QED) is 0.430. The maximum Gasteiger partial charge on any atom is 0.471 e. The van der Waals surface area contributed by atoms with Gasteiger partial charge in [0, 0.05) is 0 Å². The lowest BCUT2D eigenvalue weighted by Crippen LogP contribution is -2.09. The first kappa shape index (κ1) is 11.1. The molecule has 0 rings (SSSR count). The van der Waals surface area contributed by atoms with Gasteiger partial charge in [-0.1, -0.05) is 13.3 Å². The molecular weight excluding hydrogens is 171 g/mol. The van der Waals surface area contributed by atoms with E-state index in [1.807, 2.05) is 6.92 Å². The Balaban J connectivity index is 3.52. The van der Waals surface area contributed by atoms with Crippen molar-refractivity contribution in [2.45, 2.75) is 32.5 Å². The lowest BCUT2D eigenvalue weighted by atomic mass is 10.2. The molecule has 0 bridgehead atoms. The molecule has 0 aromatic heterocycles. The number of rotatable bonds is 5. The first-order valence-corrected chi connectivity index (χ1v) is 4.90. The number of phosphoric acid groups is 1. The molecule has 0 fully saturated rings. The molecule has 68 valence electrons. The molecule has 0 radical (unpaired) electrons. The van der Waals surface area contributed by atoms with E-state index >= 15 is 0 Å². The molecular formula is C5H13O5P. The summed E-state index contributed by atoms with van der Waals surface area (Å²) in [6.07, 6.45) is 0.431. The van der Waals surface area contributed by atoms with Crippen molar-refractivity contribution in [3.8, 4) is 0 Å². The third kappa shape index (κ3) is 7.97. The summed E-state index contributed by atoms with van der Waals surface area (Å²) in [5.41, 5.74) is 0. The van der Waals surface area contributed by atoms with Gasteiger partial charge in [0.15, 0.2) is 6.29 Å². The molecule has 0 spiro atoms. The highest BCUT2D eigenvalue weighted by Gasteiger charge is 2.19. The number of hydrogen-bond donors (Lipinski definition) is 3. The summed E-state index contributed by atoms with van der Waals surface area (Å²) in [4.78, 5) is 16.4. The van der Waals surface area contributed by atoms with Crippen molar-refractivity contribution in [3.63, 3.8) is 0 Å². The van der Waals surface area contributed by atoms with Crippen molar-refractivity contribution in [1.82, 2.24) is 0 Å². The molecule has 0 aromatic carbocycles. The number of phosphoric ester groups is 1. The van der Waals surface area contributed by atoms with Crippen LogP contribution >= 0.6 is 7.82 Å². The fraction of sp³-hybridized carbons (Fsp3) is 1.00. The highest BCUT2D eigenvalue weighted by Crippen LogP contribution is 2.37. The summed E-state index contributed by atoms with van der Waals surface area (Å²) >= 11 is 0. The van der Waals surface area contributed by atoms with Crippen molar-refractivity contribution in [3.05, 3.63) is 0 Å². The Labute approximate surface area is 65.2 Å². The number of aliphatic hydroxyl groups is 1. The van der Waals surface area contributed by atoms with Crippen molar-refractivity contribution < 1.29 is 24.0 Å². The van der Waals surface area contributed by atoms with Crippen LogP contribution < -0.4 is 0 Å². The van der Waals surface area contributed by atoms with Crippen molar-refractivity contribution in [2.24, 2.45) is 0 Å². The van der Waals surface area contributed by atoms with E-state index in [1.165, 1.54) is 0 Å². The second-order valence-electron chi connectivity index (χ2n) is 2.19. The second-order valence-corrected chi connectivity index (χ2v) is 3.38. The molecule has 0 aliphatic heterocycles. The molecule has 0 saturated carbocycles. The number of aliphatic hydroxyl groups excluding tert-OH is 1. The minimum Gasteiger partial charge on any atom is -0.367 e. The predicted molar refractivity (Wildman–Crippen MR) is 38.7 cm³/mol. The summed E-state index contributed by atoms with van der Waals surface area (Å²) in [6, 6.07) is 0. The Bertz CT molecular complexity index is 142. The minimum atomic E-state index is -4.51. The highest BCUT2D eigenvalue weighted by atomic mass is 31.2. The van der Waals surface area contributed by atoms with Gasteiger partial charge in [-0.15, -0.1) is 0 Å². The number of unbranched alkanes of at least 4 members (excludes halogenated alkanes) is 1. The predicted octanol–water partition coefficient (Wildman–Crippen LogP) is 0.604. The Morgan fingerprint density at radius 3 is 2.45 bits per heavy atom. The summed E-state index contributed by atoms with van der Waals surface area (Å²) in [5, 5.41) is 8.80. The lowest BCUT2D eigenvalue weighted by molar-refractivity contribution is -0.0424. The van der Waals surface area contributed by atoms with E-state index in [4.69, 9.17) is 14.9 Å². The van der Waals surface area contributed by atoms with Crippen LogP contribution in [0.4, 0.5) is 0 Å². The van der Waals surface area contributed by atoms with Gasteiger partial charge in [0.1, 0.15) is 0 Å². The van der Waals surface area contributed by atoms with Gasteiger partial charge < -0.3 is 14.9 Å². The van der Waals surface area contributed by atoms with Gasteiger partial charge in [0.2, 0.25) is 0 Å². The third-order valence-corrected chi connectivity index (χ3v) is 1.58. The van der Waals surface area contributed by atoms with Gasteiger partial charge in [0.25, 0.3) is 0 Å². The van der Waals surface area contributed by atoms with Gasteiger partial charge in [-0.2, -0.15) is 0 Å². The average Bonchev–Trinajstić information content (AvgIpc) is 1.79. The fourth-order valence-electron chi connectivity index (χ4n) is 0.590. The minimum absolute atomic E-state index is 0.252. The van der Waals surface area contributed by atoms with E-state index in [0.29, 0.717) is 6.42 Å². The normalized spacial score (nSPS) is 14.9. The molecule has 0 heterocycles. The zero-order chi connectivity index (χ0) is 8.91. The molecule has 0 aliphatic carbocycles. The second kappa shape index (κ2) is 4.85. The van der Waals surface area contributed by atoms with E-state index in [1.54, 1.807) is 0 Å². The van der Waals surface area contributed by atoms with Crippen LogP contribution in [0, 0.1) is 0 Å². The lowest BCUT2D eigenvalue weighted by Gasteiger charge is -2.10. The standard InChI is InChI=1S/C5H13O5P/c1-2-3-4-5(6)10-11(7,8)9/h5-6H,2-4H2,1H3,(H2,7,8,9). The van der Waals surface area contributed by atoms with Gasteiger partial charge in [-0.05, 0) is 12.8 Å². The summed E-state index contributed by atoms with van der Waals surface area (Å²) in [6.45, 7) is 1.91. The third-order valence-electron chi connectivity index (χ3n) is 1.06. The van der Waals surface area contributed by atoms with E-state index < -0.39 is 14.1 Å². The van der Waals surface area contributed by atoms with Crippen LogP contribution in [-0.4, -0.2) is 21.2 Å². The monoisotopic (exact) mass is 184 g/mol. The first-order chi connectivity index (χ1) is 4.95. The van der Waals surface area contributed by atoms with Crippen LogP contribution in [0.2, 0.25) is 0 Å².